The number of urea groups is 1. The Morgan fingerprint density at radius 3 is 2.48 bits per heavy atom. The second-order valence-corrected chi connectivity index (χ2v) is 6.00. The lowest BCUT2D eigenvalue weighted by molar-refractivity contribution is -0.144. The van der Waals surface area contributed by atoms with E-state index in [0.717, 1.165) is 0 Å². The van der Waals surface area contributed by atoms with Crippen LogP contribution in [0.15, 0.2) is 0 Å². The summed E-state index contributed by atoms with van der Waals surface area (Å²) in [5, 5.41) is 11.9. The minimum absolute atomic E-state index is 0.0414. The first-order valence-electron chi connectivity index (χ1n) is 7.32. The molecule has 0 aromatic carbocycles. The molecular weight excluding hydrogens is 274 g/mol. The zero-order valence-corrected chi connectivity index (χ0v) is 12.9. The lowest BCUT2D eigenvalue weighted by Gasteiger charge is -2.39. The number of likely N-dealkylation sites (tertiary alicyclic amines) is 1. The maximum Gasteiger partial charge on any atom is 0.329 e. The van der Waals surface area contributed by atoms with Crippen molar-refractivity contribution in [2.75, 3.05) is 6.54 Å². The van der Waals surface area contributed by atoms with E-state index >= 15 is 0 Å². The zero-order valence-electron chi connectivity index (χ0n) is 12.9. The molecule has 1 aliphatic rings. The Bertz CT molecular complexity index is 426. The van der Waals surface area contributed by atoms with E-state index in [-0.39, 0.29) is 18.5 Å². The summed E-state index contributed by atoms with van der Waals surface area (Å²) in [5.74, 6) is -1.85. The molecule has 0 aromatic heterocycles. The summed E-state index contributed by atoms with van der Waals surface area (Å²) in [7, 11) is 0. The van der Waals surface area contributed by atoms with Gasteiger partial charge in [-0.05, 0) is 33.1 Å². The van der Waals surface area contributed by atoms with Crippen LogP contribution >= 0.6 is 0 Å². The monoisotopic (exact) mass is 299 g/mol. The summed E-state index contributed by atoms with van der Waals surface area (Å²) in [5.41, 5.74) is 4.01. The van der Waals surface area contributed by atoms with Gasteiger partial charge in [-0.1, -0.05) is 13.3 Å². The van der Waals surface area contributed by atoms with Gasteiger partial charge in [0.25, 0.3) is 0 Å². The molecule has 1 saturated heterocycles. The van der Waals surface area contributed by atoms with Crippen LogP contribution in [0.4, 0.5) is 4.79 Å². The molecule has 0 spiro atoms. The number of nitrogens with two attached hydrogens (primary N) is 1. The molecule has 0 radical (unpaired) electrons. The second kappa shape index (κ2) is 6.78. The highest BCUT2D eigenvalue weighted by Crippen LogP contribution is 2.23. The molecule has 0 aromatic rings. The van der Waals surface area contributed by atoms with E-state index in [9.17, 15) is 19.5 Å². The molecule has 0 aliphatic carbocycles. The summed E-state index contributed by atoms with van der Waals surface area (Å²) in [6.45, 7) is 5.48. The number of hydrogen-bond donors (Lipinski definition) is 3. The molecule has 7 heteroatoms. The zero-order chi connectivity index (χ0) is 16.2. The first-order chi connectivity index (χ1) is 9.71. The lowest BCUT2D eigenvalue weighted by Crippen LogP contribution is -2.59. The van der Waals surface area contributed by atoms with Gasteiger partial charge in [0.2, 0.25) is 5.91 Å². The summed E-state index contributed by atoms with van der Waals surface area (Å²) in [6, 6.07) is -0.493. The Labute approximate surface area is 124 Å². The molecule has 1 heterocycles. The Morgan fingerprint density at radius 1 is 1.38 bits per heavy atom. The molecule has 1 fully saturated rings. The minimum atomic E-state index is -1.30. The number of carbonyl (C=O) groups excluding carboxylic acids is 2. The smallest absolute Gasteiger partial charge is 0.329 e. The van der Waals surface area contributed by atoms with Gasteiger partial charge >= 0.3 is 12.0 Å². The SMILES string of the molecule is CCCC(C)(NC(=O)N1CC(C(N)=O)CCC1C)C(=O)O. The van der Waals surface area contributed by atoms with Crippen molar-refractivity contribution in [3.05, 3.63) is 0 Å². The number of amides is 3. The maximum atomic E-state index is 12.4. The van der Waals surface area contributed by atoms with E-state index in [4.69, 9.17) is 5.73 Å². The van der Waals surface area contributed by atoms with E-state index in [0.29, 0.717) is 25.7 Å². The van der Waals surface area contributed by atoms with Gasteiger partial charge < -0.3 is 21.1 Å². The van der Waals surface area contributed by atoms with Crippen LogP contribution < -0.4 is 11.1 Å². The predicted molar refractivity (Wildman–Crippen MR) is 77.6 cm³/mol. The minimum Gasteiger partial charge on any atom is -0.480 e. The highest BCUT2D eigenvalue weighted by atomic mass is 16.4. The molecule has 3 atom stereocenters. The fraction of sp³-hybridized carbons (Fsp3) is 0.786. The number of hydrogen-bond acceptors (Lipinski definition) is 3. The van der Waals surface area contributed by atoms with Crippen LogP contribution in [0.5, 0.6) is 0 Å². The van der Waals surface area contributed by atoms with E-state index in [1.165, 1.54) is 11.8 Å². The summed E-state index contributed by atoms with van der Waals surface area (Å²) >= 11 is 0. The molecular formula is C14H25N3O4. The molecule has 7 nitrogen and oxygen atoms in total. The van der Waals surface area contributed by atoms with Gasteiger partial charge in [0, 0.05) is 12.6 Å². The predicted octanol–water partition coefficient (Wildman–Crippen LogP) is 0.925. The van der Waals surface area contributed by atoms with E-state index in [2.05, 4.69) is 5.32 Å². The van der Waals surface area contributed by atoms with Crippen molar-refractivity contribution in [1.82, 2.24) is 10.2 Å². The number of piperidine rings is 1. The standard InChI is InChI=1S/C14H25N3O4/c1-4-7-14(3,12(19)20)16-13(21)17-8-10(11(15)18)6-5-9(17)2/h9-10H,4-8H2,1-3H3,(H2,15,18)(H,16,21)(H,19,20). The molecule has 0 bridgehead atoms. The molecule has 21 heavy (non-hydrogen) atoms. The third-order valence-electron chi connectivity index (χ3n) is 4.15. The molecule has 0 saturated carbocycles. The normalized spacial score (nSPS) is 25.0. The quantitative estimate of drug-likeness (QED) is 0.700. The highest BCUT2D eigenvalue weighted by Gasteiger charge is 2.38. The van der Waals surface area contributed by atoms with Gasteiger partial charge in [-0.15, -0.1) is 0 Å². The van der Waals surface area contributed by atoms with Crippen molar-refractivity contribution in [1.29, 1.82) is 0 Å². The fourth-order valence-electron chi connectivity index (χ4n) is 2.65. The van der Waals surface area contributed by atoms with E-state index in [1.807, 2.05) is 13.8 Å². The van der Waals surface area contributed by atoms with Crippen LogP contribution in [-0.4, -0.2) is 46.0 Å². The van der Waals surface area contributed by atoms with Crippen molar-refractivity contribution in [2.45, 2.75) is 58.0 Å². The van der Waals surface area contributed by atoms with Gasteiger partial charge in [-0.3, -0.25) is 4.79 Å². The Kier molecular flexibility index (Phi) is 5.57. The average Bonchev–Trinajstić information content (AvgIpc) is 2.38. The average molecular weight is 299 g/mol. The Morgan fingerprint density at radius 2 is 2.00 bits per heavy atom. The second-order valence-electron chi connectivity index (χ2n) is 6.00. The number of carbonyl (C=O) groups is 3. The van der Waals surface area contributed by atoms with Crippen LogP contribution in [0.2, 0.25) is 0 Å². The van der Waals surface area contributed by atoms with Crippen molar-refractivity contribution < 1.29 is 19.5 Å². The molecule has 1 rings (SSSR count). The third-order valence-corrected chi connectivity index (χ3v) is 4.15. The number of carboxylic acid groups (broad SMARTS) is 1. The molecule has 120 valence electrons. The van der Waals surface area contributed by atoms with Crippen LogP contribution in [0.3, 0.4) is 0 Å². The number of nitrogens with one attached hydrogen (secondary N) is 1. The molecule has 3 amide bonds. The van der Waals surface area contributed by atoms with Crippen molar-refractivity contribution >= 4 is 17.9 Å². The van der Waals surface area contributed by atoms with Crippen LogP contribution in [-0.2, 0) is 9.59 Å². The maximum absolute atomic E-state index is 12.4. The number of nitrogens with zero attached hydrogens (tertiary/aromatic N) is 1. The Balaban J connectivity index is 2.80. The van der Waals surface area contributed by atoms with Crippen LogP contribution in [0.25, 0.3) is 0 Å². The first kappa shape index (κ1) is 17.3. The largest absolute Gasteiger partial charge is 0.480 e. The number of aliphatic carboxylic acids is 1. The van der Waals surface area contributed by atoms with E-state index < -0.39 is 23.4 Å². The van der Waals surface area contributed by atoms with Gasteiger partial charge in [-0.25, -0.2) is 9.59 Å². The summed E-state index contributed by atoms with van der Waals surface area (Å²) < 4.78 is 0. The highest BCUT2D eigenvalue weighted by molar-refractivity contribution is 5.86. The van der Waals surface area contributed by atoms with Crippen molar-refractivity contribution in [2.24, 2.45) is 11.7 Å². The molecule has 4 N–H and O–H groups in total. The lowest BCUT2D eigenvalue weighted by atomic mass is 9.92. The number of primary amides is 1. The van der Waals surface area contributed by atoms with Gasteiger partial charge in [0.15, 0.2) is 0 Å². The summed E-state index contributed by atoms with van der Waals surface area (Å²) in [4.78, 5) is 36.6. The molecule has 3 unspecified atom stereocenters. The Hall–Kier alpha value is -1.79. The number of carboxylic acids is 1. The van der Waals surface area contributed by atoms with Gasteiger partial charge in [0.1, 0.15) is 5.54 Å². The number of rotatable bonds is 5. The fourth-order valence-corrected chi connectivity index (χ4v) is 2.65. The van der Waals surface area contributed by atoms with Crippen LogP contribution in [0.1, 0.15) is 46.5 Å². The van der Waals surface area contributed by atoms with E-state index in [1.54, 1.807) is 0 Å². The van der Waals surface area contributed by atoms with Crippen molar-refractivity contribution in [3.8, 4) is 0 Å². The van der Waals surface area contributed by atoms with Crippen LogP contribution in [0, 0.1) is 5.92 Å². The summed E-state index contributed by atoms with van der Waals surface area (Å²) in [6.07, 6.45) is 2.32. The molecule has 1 aliphatic heterocycles. The first-order valence-corrected chi connectivity index (χ1v) is 7.32. The van der Waals surface area contributed by atoms with Gasteiger partial charge in [-0.2, -0.15) is 0 Å². The van der Waals surface area contributed by atoms with Gasteiger partial charge in [0.05, 0.1) is 5.92 Å². The third kappa shape index (κ3) is 4.09. The topological polar surface area (TPSA) is 113 Å². The van der Waals surface area contributed by atoms with Crippen molar-refractivity contribution in [3.63, 3.8) is 0 Å².